The summed E-state index contributed by atoms with van der Waals surface area (Å²) in [7, 11) is 0. The largest absolute Gasteiger partial charge is 0.481 e. The number of aliphatic carboxylic acids is 1. The van der Waals surface area contributed by atoms with Gasteiger partial charge in [-0.25, -0.2) is 4.79 Å². The summed E-state index contributed by atoms with van der Waals surface area (Å²) >= 11 is 0. The van der Waals surface area contributed by atoms with Crippen molar-refractivity contribution < 1.29 is 24.5 Å². The van der Waals surface area contributed by atoms with Crippen LogP contribution in [0.1, 0.15) is 23.5 Å². The number of nitrogens with one attached hydrogen (secondary N) is 1. The van der Waals surface area contributed by atoms with Crippen LogP contribution in [0.15, 0.2) is 48.5 Å². The minimum atomic E-state index is -1.10. The van der Waals surface area contributed by atoms with E-state index in [-0.39, 0.29) is 18.9 Å². The number of rotatable bonds is 6. The Labute approximate surface area is 145 Å². The SMILES string of the molecule is O=C(O)CC(CO)NC(=O)OCC1c2ccccc2-c2ccccc21. The summed E-state index contributed by atoms with van der Waals surface area (Å²) in [6, 6.07) is 15.1. The topological polar surface area (TPSA) is 95.9 Å². The fourth-order valence-electron chi connectivity index (χ4n) is 3.18. The van der Waals surface area contributed by atoms with Gasteiger partial charge in [-0.2, -0.15) is 0 Å². The number of hydrogen-bond donors (Lipinski definition) is 3. The van der Waals surface area contributed by atoms with Crippen LogP contribution in [0.25, 0.3) is 11.1 Å². The van der Waals surface area contributed by atoms with Crippen LogP contribution in [0.3, 0.4) is 0 Å². The van der Waals surface area contributed by atoms with Crippen molar-refractivity contribution in [3.8, 4) is 11.1 Å². The second kappa shape index (κ2) is 7.36. The fourth-order valence-corrected chi connectivity index (χ4v) is 3.18. The molecular weight excluding hydrogens is 322 g/mol. The number of alkyl carbamates (subject to hydrolysis) is 1. The summed E-state index contributed by atoms with van der Waals surface area (Å²) in [5.74, 6) is -1.16. The van der Waals surface area contributed by atoms with E-state index in [0.29, 0.717) is 0 Å². The number of amides is 1. The van der Waals surface area contributed by atoms with Crippen LogP contribution in [0.4, 0.5) is 4.79 Å². The summed E-state index contributed by atoms with van der Waals surface area (Å²) in [6.07, 6.45) is -1.09. The van der Waals surface area contributed by atoms with Crippen molar-refractivity contribution >= 4 is 12.1 Å². The van der Waals surface area contributed by atoms with Gasteiger partial charge in [-0.1, -0.05) is 48.5 Å². The maximum Gasteiger partial charge on any atom is 0.407 e. The summed E-state index contributed by atoms with van der Waals surface area (Å²) in [4.78, 5) is 22.6. The van der Waals surface area contributed by atoms with Crippen LogP contribution in [0.5, 0.6) is 0 Å². The number of carboxylic acid groups (broad SMARTS) is 1. The molecule has 2 aromatic carbocycles. The average Bonchev–Trinajstić information content (AvgIpc) is 2.93. The Hall–Kier alpha value is -2.86. The van der Waals surface area contributed by atoms with Crippen LogP contribution in [-0.2, 0) is 9.53 Å². The highest BCUT2D eigenvalue weighted by atomic mass is 16.5. The quantitative estimate of drug-likeness (QED) is 0.750. The molecule has 0 fully saturated rings. The zero-order valence-corrected chi connectivity index (χ0v) is 13.5. The molecule has 0 radical (unpaired) electrons. The van der Waals surface area contributed by atoms with E-state index in [9.17, 15) is 9.59 Å². The van der Waals surface area contributed by atoms with E-state index < -0.39 is 24.7 Å². The van der Waals surface area contributed by atoms with E-state index in [1.54, 1.807) is 0 Å². The third-order valence-corrected chi connectivity index (χ3v) is 4.31. The molecular formula is C19H19NO5. The second-order valence-electron chi connectivity index (χ2n) is 5.95. The molecule has 6 heteroatoms. The maximum atomic E-state index is 11.9. The maximum absolute atomic E-state index is 11.9. The molecule has 0 saturated heterocycles. The molecule has 130 valence electrons. The lowest BCUT2D eigenvalue weighted by atomic mass is 9.98. The first-order valence-electron chi connectivity index (χ1n) is 8.04. The predicted molar refractivity (Wildman–Crippen MR) is 91.3 cm³/mol. The zero-order valence-electron chi connectivity index (χ0n) is 13.5. The van der Waals surface area contributed by atoms with Crippen LogP contribution in [0, 0.1) is 0 Å². The Balaban J connectivity index is 1.69. The summed E-state index contributed by atoms with van der Waals surface area (Å²) in [5.41, 5.74) is 4.46. The van der Waals surface area contributed by atoms with Gasteiger partial charge in [0.25, 0.3) is 0 Å². The van der Waals surface area contributed by atoms with Gasteiger partial charge in [0.2, 0.25) is 0 Å². The number of carboxylic acids is 1. The van der Waals surface area contributed by atoms with Crippen molar-refractivity contribution in [3.05, 3.63) is 59.7 Å². The number of hydrogen-bond acceptors (Lipinski definition) is 4. The number of carbonyl (C=O) groups is 2. The van der Waals surface area contributed by atoms with Gasteiger partial charge in [0.1, 0.15) is 6.61 Å². The van der Waals surface area contributed by atoms with Gasteiger partial charge in [-0.3, -0.25) is 4.79 Å². The number of fused-ring (bicyclic) bond motifs is 3. The van der Waals surface area contributed by atoms with Crippen molar-refractivity contribution in [3.63, 3.8) is 0 Å². The first-order chi connectivity index (χ1) is 12.1. The van der Waals surface area contributed by atoms with Crippen LogP contribution >= 0.6 is 0 Å². The van der Waals surface area contributed by atoms with Gasteiger partial charge in [0.15, 0.2) is 0 Å². The molecule has 0 aliphatic heterocycles. The molecule has 0 saturated carbocycles. The van der Waals surface area contributed by atoms with Gasteiger partial charge in [-0.15, -0.1) is 0 Å². The Morgan fingerprint density at radius 3 is 2.12 bits per heavy atom. The number of ether oxygens (including phenoxy) is 1. The molecule has 6 nitrogen and oxygen atoms in total. The lowest BCUT2D eigenvalue weighted by Crippen LogP contribution is -2.39. The molecule has 2 aromatic rings. The molecule has 1 unspecified atom stereocenters. The van der Waals surface area contributed by atoms with Gasteiger partial charge in [-0.05, 0) is 22.3 Å². The zero-order chi connectivity index (χ0) is 17.8. The molecule has 3 N–H and O–H groups in total. The van der Waals surface area contributed by atoms with Crippen molar-refractivity contribution in [2.75, 3.05) is 13.2 Å². The van der Waals surface area contributed by atoms with Crippen molar-refractivity contribution in [2.45, 2.75) is 18.4 Å². The third kappa shape index (κ3) is 3.64. The first kappa shape index (κ1) is 17.0. The number of aliphatic hydroxyl groups excluding tert-OH is 1. The summed E-state index contributed by atoms with van der Waals surface area (Å²) < 4.78 is 5.30. The van der Waals surface area contributed by atoms with E-state index in [4.69, 9.17) is 14.9 Å². The van der Waals surface area contributed by atoms with Crippen molar-refractivity contribution in [1.82, 2.24) is 5.32 Å². The van der Waals surface area contributed by atoms with E-state index in [2.05, 4.69) is 5.32 Å². The molecule has 3 rings (SSSR count). The minimum absolute atomic E-state index is 0.0646. The lowest BCUT2D eigenvalue weighted by molar-refractivity contribution is -0.137. The Morgan fingerprint density at radius 1 is 1.04 bits per heavy atom. The Kier molecular flexibility index (Phi) is 5.00. The smallest absolute Gasteiger partial charge is 0.407 e. The van der Waals surface area contributed by atoms with Gasteiger partial charge < -0.3 is 20.3 Å². The number of aliphatic hydroxyl groups is 1. The highest BCUT2D eigenvalue weighted by Gasteiger charge is 2.29. The summed E-state index contributed by atoms with van der Waals surface area (Å²) in [5, 5.41) is 20.3. The van der Waals surface area contributed by atoms with Crippen LogP contribution in [0.2, 0.25) is 0 Å². The molecule has 1 aliphatic rings. The Bertz CT molecular complexity index is 743. The molecule has 0 spiro atoms. The minimum Gasteiger partial charge on any atom is -0.481 e. The van der Waals surface area contributed by atoms with Crippen molar-refractivity contribution in [1.29, 1.82) is 0 Å². The lowest BCUT2D eigenvalue weighted by Gasteiger charge is -2.17. The normalized spacial score (nSPS) is 13.6. The fraction of sp³-hybridized carbons (Fsp3) is 0.263. The molecule has 1 atom stereocenters. The molecule has 1 aliphatic carbocycles. The molecule has 0 bridgehead atoms. The van der Waals surface area contributed by atoms with E-state index in [1.165, 1.54) is 0 Å². The van der Waals surface area contributed by atoms with Crippen molar-refractivity contribution in [2.24, 2.45) is 0 Å². The van der Waals surface area contributed by atoms with Gasteiger partial charge in [0.05, 0.1) is 19.1 Å². The van der Waals surface area contributed by atoms with E-state index in [1.807, 2.05) is 48.5 Å². The molecule has 0 aromatic heterocycles. The predicted octanol–water partition coefficient (Wildman–Crippen LogP) is 2.36. The molecule has 1 amide bonds. The Morgan fingerprint density at radius 2 is 1.60 bits per heavy atom. The van der Waals surface area contributed by atoms with Gasteiger partial charge in [0, 0.05) is 5.92 Å². The molecule has 25 heavy (non-hydrogen) atoms. The number of benzene rings is 2. The molecule has 0 heterocycles. The van der Waals surface area contributed by atoms with Crippen LogP contribution in [-0.4, -0.2) is 41.5 Å². The second-order valence-corrected chi connectivity index (χ2v) is 5.95. The van der Waals surface area contributed by atoms with E-state index >= 15 is 0 Å². The highest BCUT2D eigenvalue weighted by molar-refractivity contribution is 5.79. The highest BCUT2D eigenvalue weighted by Crippen LogP contribution is 2.44. The summed E-state index contributed by atoms with van der Waals surface area (Å²) in [6.45, 7) is -0.318. The standard InChI is InChI=1S/C19H19NO5/c21-10-12(9-18(22)23)20-19(24)25-11-17-15-7-3-1-5-13(15)14-6-2-4-8-16(14)17/h1-8,12,17,21H,9-11H2,(H,20,24)(H,22,23). The average molecular weight is 341 g/mol. The van der Waals surface area contributed by atoms with Crippen LogP contribution < -0.4 is 5.32 Å². The first-order valence-corrected chi connectivity index (χ1v) is 8.04. The monoisotopic (exact) mass is 341 g/mol. The number of carbonyl (C=O) groups excluding carboxylic acids is 1. The third-order valence-electron chi connectivity index (χ3n) is 4.31. The van der Waals surface area contributed by atoms with Gasteiger partial charge >= 0.3 is 12.1 Å². The van der Waals surface area contributed by atoms with E-state index in [0.717, 1.165) is 22.3 Å².